The van der Waals surface area contributed by atoms with Crippen LogP contribution in [0.1, 0.15) is 39.7 Å². The molecule has 1 atom stereocenters. The molecule has 3 N–H and O–H groups in total. The number of nitrogens with zero attached hydrogens (tertiary/aromatic N) is 6. The number of aromatic nitrogens is 5. The van der Waals surface area contributed by atoms with Crippen LogP contribution in [0.4, 0.5) is 21.7 Å². The van der Waals surface area contributed by atoms with Gasteiger partial charge in [0, 0.05) is 36.4 Å². The molecule has 0 saturated carbocycles. The fraction of sp³-hybridized carbons (Fsp3) is 0.320. The van der Waals surface area contributed by atoms with Crippen molar-refractivity contribution in [2.45, 2.75) is 45.2 Å². The Morgan fingerprint density at radius 2 is 1.97 bits per heavy atom. The molecule has 3 aromatic heterocycles. The summed E-state index contributed by atoms with van der Waals surface area (Å²) in [4.78, 5) is 31.2. The van der Waals surface area contributed by atoms with Gasteiger partial charge in [-0.05, 0) is 57.5 Å². The minimum absolute atomic E-state index is 0.0328. The number of hydrogen-bond acceptors (Lipinski definition) is 7. The summed E-state index contributed by atoms with van der Waals surface area (Å²) in [7, 11) is 0. The largest absolute Gasteiger partial charge is 0.328 e. The zero-order valence-corrected chi connectivity index (χ0v) is 20.9. The van der Waals surface area contributed by atoms with E-state index < -0.39 is 11.5 Å². The van der Waals surface area contributed by atoms with Gasteiger partial charge in [-0.25, -0.2) is 19.9 Å². The average Bonchev–Trinajstić information content (AvgIpc) is 3.25. The predicted molar refractivity (Wildman–Crippen MR) is 138 cm³/mol. The van der Waals surface area contributed by atoms with Gasteiger partial charge < -0.3 is 20.5 Å². The number of benzene rings is 1. The first kappa shape index (κ1) is 24.1. The van der Waals surface area contributed by atoms with E-state index in [4.69, 9.17) is 17.3 Å². The van der Waals surface area contributed by atoms with E-state index in [1.165, 1.54) is 0 Å². The molecule has 5 rings (SSSR count). The van der Waals surface area contributed by atoms with E-state index in [0.717, 1.165) is 0 Å². The predicted octanol–water partition coefficient (Wildman–Crippen LogP) is 4.85. The Kier molecular flexibility index (Phi) is 6.09. The number of carbonyl (C=O) groups excluding carboxylic acids is 1. The summed E-state index contributed by atoms with van der Waals surface area (Å²) in [6.07, 6.45) is 4.15. The Labute approximate surface area is 212 Å². The summed E-state index contributed by atoms with van der Waals surface area (Å²) in [5.74, 6) is -0.416. The van der Waals surface area contributed by atoms with E-state index in [0.29, 0.717) is 46.3 Å². The minimum atomic E-state index is -0.657. The maximum atomic E-state index is 14.7. The van der Waals surface area contributed by atoms with Gasteiger partial charge in [0.1, 0.15) is 5.52 Å². The second kappa shape index (κ2) is 9.11. The van der Waals surface area contributed by atoms with Crippen molar-refractivity contribution in [1.82, 2.24) is 24.5 Å². The highest BCUT2D eigenvalue weighted by molar-refractivity contribution is 6.33. The number of anilines is 3. The third kappa shape index (κ3) is 4.61. The Bertz CT molecular complexity index is 1470. The highest BCUT2D eigenvalue weighted by Crippen LogP contribution is 2.32. The Morgan fingerprint density at radius 1 is 1.17 bits per heavy atom. The smallest absolute Gasteiger partial charge is 0.241 e. The molecule has 0 spiro atoms. The molecule has 1 aromatic carbocycles. The molecular weight excluding hydrogens is 483 g/mol. The fourth-order valence-electron chi connectivity index (χ4n) is 4.29. The van der Waals surface area contributed by atoms with Crippen LogP contribution in [0, 0.1) is 5.95 Å². The molecule has 11 heteroatoms. The van der Waals surface area contributed by atoms with Crippen molar-refractivity contribution >= 4 is 45.9 Å². The van der Waals surface area contributed by atoms with E-state index >= 15 is 0 Å². The number of nitrogens with two attached hydrogens (primary N) is 1. The summed E-state index contributed by atoms with van der Waals surface area (Å²) < 4.78 is 16.6. The first-order valence-corrected chi connectivity index (χ1v) is 12.0. The summed E-state index contributed by atoms with van der Waals surface area (Å²) in [5.41, 5.74) is 8.58. The fourth-order valence-corrected chi connectivity index (χ4v) is 4.51. The van der Waals surface area contributed by atoms with Crippen molar-refractivity contribution in [2.24, 2.45) is 5.73 Å². The van der Waals surface area contributed by atoms with Gasteiger partial charge >= 0.3 is 0 Å². The Hall–Kier alpha value is -3.63. The molecule has 4 aromatic rings. The maximum Gasteiger partial charge on any atom is 0.241 e. The molecule has 9 nitrogen and oxygen atoms in total. The van der Waals surface area contributed by atoms with Gasteiger partial charge in [-0.3, -0.25) is 4.79 Å². The van der Waals surface area contributed by atoms with Crippen LogP contribution in [0.2, 0.25) is 5.02 Å². The molecule has 1 aliphatic heterocycles. The second-order valence-corrected chi connectivity index (χ2v) is 10.00. The molecule has 186 valence electrons. The lowest BCUT2D eigenvalue weighted by Gasteiger charge is -2.36. The molecule has 0 radical (unpaired) electrons. The summed E-state index contributed by atoms with van der Waals surface area (Å²) >= 11 is 6.53. The van der Waals surface area contributed by atoms with E-state index in [2.05, 4.69) is 25.3 Å². The van der Waals surface area contributed by atoms with Gasteiger partial charge in [-0.15, -0.1) is 0 Å². The molecule has 1 saturated heterocycles. The Balaban J connectivity index is 1.40. The zero-order chi connectivity index (χ0) is 25.6. The number of pyridine rings is 1. The Morgan fingerprint density at radius 3 is 2.69 bits per heavy atom. The van der Waals surface area contributed by atoms with Crippen molar-refractivity contribution in [3.63, 3.8) is 0 Å². The lowest BCUT2D eigenvalue weighted by Crippen LogP contribution is -2.51. The average molecular weight is 509 g/mol. The monoisotopic (exact) mass is 508 g/mol. The summed E-state index contributed by atoms with van der Waals surface area (Å²) in [6, 6.07) is 8.84. The quantitative estimate of drug-likeness (QED) is 0.370. The normalized spacial score (nSPS) is 18.3. The first-order chi connectivity index (χ1) is 17.1. The number of fused-ring (bicyclic) bond motifs is 1. The molecule has 1 amide bonds. The molecule has 1 aliphatic rings. The lowest BCUT2D eigenvalue weighted by molar-refractivity contribution is -0.120. The number of halogens is 2. The van der Waals surface area contributed by atoms with Crippen molar-refractivity contribution in [3.8, 4) is 11.4 Å². The van der Waals surface area contributed by atoms with E-state index in [-0.39, 0.29) is 29.8 Å². The number of hydrogen-bond donors (Lipinski definition) is 2. The van der Waals surface area contributed by atoms with Crippen LogP contribution >= 0.6 is 11.6 Å². The molecule has 4 heterocycles. The van der Waals surface area contributed by atoms with E-state index in [9.17, 15) is 9.18 Å². The third-order valence-corrected chi connectivity index (χ3v) is 6.58. The number of amides is 1. The van der Waals surface area contributed by atoms with Crippen LogP contribution in [-0.2, 0) is 4.79 Å². The molecule has 0 bridgehead atoms. The van der Waals surface area contributed by atoms with Crippen molar-refractivity contribution < 1.29 is 9.18 Å². The highest BCUT2D eigenvalue weighted by Gasteiger charge is 2.32. The SMILES string of the molecule is CC(C)n1cnc2c(F)nc(-c3ccnc(Nc4ccc(N5CCC(C)(N)CC5=O)cc4Cl)n3)cc21. The minimum Gasteiger partial charge on any atom is -0.328 e. The maximum absolute atomic E-state index is 14.7. The number of carbonyl (C=O) groups is 1. The van der Waals surface area contributed by atoms with Gasteiger partial charge in [0.05, 0.1) is 33.9 Å². The standard InChI is InChI=1S/C25H26ClFN8O/c1-14(2)35-13-30-22-20(35)11-19(31-23(22)27)18-6-8-29-24(33-18)32-17-5-4-15(10-16(17)26)34-9-7-25(3,28)12-21(34)36/h4-6,8,10-11,13-14H,7,9,12,28H2,1-3H3,(H,29,32,33). The van der Waals surface area contributed by atoms with Gasteiger partial charge in [0.2, 0.25) is 17.8 Å². The van der Waals surface area contributed by atoms with Crippen molar-refractivity contribution in [2.75, 3.05) is 16.8 Å². The van der Waals surface area contributed by atoms with Crippen LogP contribution in [0.5, 0.6) is 0 Å². The van der Waals surface area contributed by atoms with Gasteiger partial charge in [-0.1, -0.05) is 11.6 Å². The molecule has 1 fully saturated rings. The number of piperidine rings is 1. The van der Waals surface area contributed by atoms with Crippen LogP contribution < -0.4 is 16.0 Å². The van der Waals surface area contributed by atoms with Crippen LogP contribution in [-0.4, -0.2) is 42.5 Å². The summed E-state index contributed by atoms with van der Waals surface area (Å²) in [6.45, 7) is 6.41. The number of rotatable bonds is 5. The van der Waals surface area contributed by atoms with Gasteiger partial charge in [-0.2, -0.15) is 4.39 Å². The number of nitrogens with one attached hydrogen (secondary N) is 1. The molecule has 1 unspecified atom stereocenters. The summed E-state index contributed by atoms with van der Waals surface area (Å²) in [5, 5.41) is 3.50. The molecule has 36 heavy (non-hydrogen) atoms. The third-order valence-electron chi connectivity index (χ3n) is 6.27. The van der Waals surface area contributed by atoms with Gasteiger partial charge in [0.15, 0.2) is 0 Å². The second-order valence-electron chi connectivity index (χ2n) is 9.59. The van der Waals surface area contributed by atoms with Crippen LogP contribution in [0.25, 0.3) is 22.4 Å². The molecular formula is C25H26ClFN8O. The molecule has 0 aliphatic carbocycles. The van der Waals surface area contributed by atoms with Crippen LogP contribution in [0.15, 0.2) is 42.9 Å². The van der Waals surface area contributed by atoms with Crippen molar-refractivity contribution in [1.29, 1.82) is 0 Å². The highest BCUT2D eigenvalue weighted by atomic mass is 35.5. The van der Waals surface area contributed by atoms with E-state index in [1.807, 2.05) is 31.4 Å². The topological polar surface area (TPSA) is 115 Å². The number of imidazole rings is 1. The van der Waals surface area contributed by atoms with Crippen molar-refractivity contribution in [3.05, 3.63) is 53.8 Å². The zero-order valence-electron chi connectivity index (χ0n) is 20.2. The van der Waals surface area contributed by atoms with Crippen LogP contribution in [0.3, 0.4) is 0 Å². The lowest BCUT2D eigenvalue weighted by atomic mass is 9.90. The van der Waals surface area contributed by atoms with Gasteiger partial charge in [0.25, 0.3) is 0 Å². The van der Waals surface area contributed by atoms with E-state index in [1.54, 1.807) is 41.7 Å². The first-order valence-electron chi connectivity index (χ1n) is 11.6.